The maximum atomic E-state index is 13.3. The number of nitrogens with zero attached hydrogens (tertiary/aromatic N) is 2. The van der Waals surface area contributed by atoms with Gasteiger partial charge in [0.05, 0.1) is 28.9 Å². The van der Waals surface area contributed by atoms with Gasteiger partial charge >= 0.3 is 12.8 Å². The molecule has 2 rings (SSSR count). The predicted octanol–water partition coefficient (Wildman–Crippen LogP) is 5.92. The van der Waals surface area contributed by atoms with Crippen LogP contribution in [-0.4, -0.2) is 33.3 Å². The number of rotatable bonds is 8. The highest BCUT2D eigenvalue weighted by molar-refractivity contribution is 5.71. The molecule has 31 heavy (non-hydrogen) atoms. The summed E-state index contributed by atoms with van der Waals surface area (Å²) in [4.78, 5) is 0. The minimum Gasteiger partial charge on any atom is -0.434 e. The Balaban J connectivity index is 2.63. The van der Waals surface area contributed by atoms with Crippen molar-refractivity contribution < 1.29 is 31.8 Å². The average Bonchev–Trinajstić information content (AvgIpc) is 2.87. The molecule has 0 saturated carbocycles. The summed E-state index contributed by atoms with van der Waals surface area (Å²) in [6.45, 7) is 5.94. The van der Waals surface area contributed by atoms with E-state index in [2.05, 4.69) is 5.10 Å². The SMILES string of the molecule is CCc1nn(CC(C)(C)O)c(-c2ccc(CC(C)(C)C(F)(F)F)cc2OC(F)F)c1C. The van der Waals surface area contributed by atoms with Gasteiger partial charge < -0.3 is 9.84 Å². The average molecular weight is 448 g/mol. The maximum Gasteiger partial charge on any atom is 0.394 e. The number of aryl methyl sites for hydroxylation is 1. The largest absolute Gasteiger partial charge is 0.434 e. The van der Waals surface area contributed by atoms with Crippen molar-refractivity contribution in [3.8, 4) is 17.0 Å². The van der Waals surface area contributed by atoms with E-state index in [1.54, 1.807) is 20.8 Å². The van der Waals surface area contributed by atoms with E-state index in [0.29, 0.717) is 12.1 Å². The monoisotopic (exact) mass is 448 g/mol. The summed E-state index contributed by atoms with van der Waals surface area (Å²) in [7, 11) is 0. The quantitative estimate of drug-likeness (QED) is 0.510. The van der Waals surface area contributed by atoms with Crippen LogP contribution >= 0.6 is 0 Å². The van der Waals surface area contributed by atoms with Gasteiger partial charge in [-0.3, -0.25) is 4.68 Å². The molecule has 0 saturated heterocycles. The van der Waals surface area contributed by atoms with Gasteiger partial charge in [0.25, 0.3) is 0 Å². The molecule has 2 aromatic rings. The van der Waals surface area contributed by atoms with Crippen LogP contribution < -0.4 is 4.74 Å². The Labute approximate surface area is 179 Å². The van der Waals surface area contributed by atoms with Crippen LogP contribution in [0.25, 0.3) is 11.3 Å². The molecular weight excluding hydrogens is 419 g/mol. The molecule has 0 unspecified atom stereocenters. The zero-order valence-electron chi connectivity index (χ0n) is 18.6. The van der Waals surface area contributed by atoms with E-state index in [1.807, 2.05) is 6.92 Å². The number of alkyl halides is 5. The third-order valence-electron chi connectivity index (χ3n) is 5.09. The summed E-state index contributed by atoms with van der Waals surface area (Å²) in [5.74, 6) is -0.229. The number of ether oxygens (including phenoxy) is 1. The van der Waals surface area contributed by atoms with Crippen molar-refractivity contribution in [1.82, 2.24) is 9.78 Å². The van der Waals surface area contributed by atoms with Crippen molar-refractivity contribution >= 4 is 0 Å². The second-order valence-electron chi connectivity index (χ2n) is 9.01. The molecule has 1 aromatic carbocycles. The smallest absolute Gasteiger partial charge is 0.394 e. The van der Waals surface area contributed by atoms with Gasteiger partial charge in [-0.15, -0.1) is 0 Å². The maximum absolute atomic E-state index is 13.3. The molecule has 0 amide bonds. The van der Waals surface area contributed by atoms with Crippen LogP contribution in [0.3, 0.4) is 0 Å². The highest BCUT2D eigenvalue weighted by atomic mass is 19.4. The molecular formula is C22H29F5N2O2. The van der Waals surface area contributed by atoms with Crippen molar-refractivity contribution in [1.29, 1.82) is 0 Å². The summed E-state index contributed by atoms with van der Waals surface area (Å²) >= 11 is 0. The van der Waals surface area contributed by atoms with Crippen LogP contribution in [0.1, 0.15) is 51.4 Å². The minimum absolute atomic E-state index is 0.0974. The van der Waals surface area contributed by atoms with Gasteiger partial charge in [-0.25, -0.2) is 0 Å². The van der Waals surface area contributed by atoms with E-state index in [9.17, 15) is 27.1 Å². The van der Waals surface area contributed by atoms with E-state index in [4.69, 9.17) is 4.74 Å². The molecule has 0 aliphatic heterocycles. The summed E-state index contributed by atoms with van der Waals surface area (Å²) in [6, 6.07) is 4.18. The Morgan fingerprint density at radius 1 is 1.13 bits per heavy atom. The first-order chi connectivity index (χ1) is 14.1. The van der Waals surface area contributed by atoms with Crippen molar-refractivity contribution in [2.24, 2.45) is 5.41 Å². The van der Waals surface area contributed by atoms with Crippen LogP contribution in [0.5, 0.6) is 5.75 Å². The Kier molecular flexibility index (Phi) is 7.10. The summed E-state index contributed by atoms with van der Waals surface area (Å²) in [6.07, 6.45) is -4.26. The second kappa shape index (κ2) is 8.76. The highest BCUT2D eigenvalue weighted by Gasteiger charge is 2.47. The molecule has 0 atom stereocenters. The normalized spacial score (nSPS) is 13.2. The summed E-state index contributed by atoms with van der Waals surface area (Å²) in [5.41, 5.74) is -0.718. The standard InChI is InChI=1S/C22H29F5N2O2/c1-7-16-13(2)18(29(28-16)12-21(5,6)30)15-9-8-14(10-17(15)31-19(23)24)11-20(3,4)22(25,26)27/h8-10,19,30H,7,11-12H2,1-6H3. The molecule has 1 N–H and O–H groups in total. The molecule has 4 nitrogen and oxygen atoms in total. The molecule has 0 spiro atoms. The number of aliphatic hydroxyl groups is 1. The van der Waals surface area contributed by atoms with Crippen LogP contribution in [0.15, 0.2) is 18.2 Å². The van der Waals surface area contributed by atoms with Crippen LogP contribution in [0, 0.1) is 12.3 Å². The van der Waals surface area contributed by atoms with E-state index in [0.717, 1.165) is 25.1 Å². The molecule has 9 heteroatoms. The van der Waals surface area contributed by atoms with Gasteiger partial charge in [0.2, 0.25) is 0 Å². The van der Waals surface area contributed by atoms with Crippen molar-refractivity contribution in [3.05, 3.63) is 35.0 Å². The Morgan fingerprint density at radius 2 is 1.74 bits per heavy atom. The second-order valence-corrected chi connectivity index (χ2v) is 9.01. The molecule has 174 valence electrons. The number of benzene rings is 1. The summed E-state index contributed by atoms with van der Waals surface area (Å²) < 4.78 is 72.4. The Hall–Kier alpha value is -2.16. The third-order valence-corrected chi connectivity index (χ3v) is 5.09. The minimum atomic E-state index is -4.45. The van der Waals surface area contributed by atoms with Gasteiger partial charge in [-0.2, -0.15) is 27.1 Å². The van der Waals surface area contributed by atoms with Crippen molar-refractivity contribution in [3.63, 3.8) is 0 Å². The van der Waals surface area contributed by atoms with E-state index in [-0.39, 0.29) is 23.4 Å². The van der Waals surface area contributed by atoms with Gasteiger partial charge in [0.15, 0.2) is 0 Å². The van der Waals surface area contributed by atoms with Crippen LogP contribution in [0.4, 0.5) is 22.0 Å². The first-order valence-electron chi connectivity index (χ1n) is 9.99. The summed E-state index contributed by atoms with van der Waals surface area (Å²) in [5, 5.41) is 14.7. The lowest BCUT2D eigenvalue weighted by atomic mass is 9.84. The third kappa shape index (κ3) is 5.96. The van der Waals surface area contributed by atoms with E-state index >= 15 is 0 Å². The molecule has 0 aliphatic rings. The van der Waals surface area contributed by atoms with Crippen LogP contribution in [0.2, 0.25) is 0 Å². The first kappa shape index (κ1) is 25.1. The van der Waals surface area contributed by atoms with Crippen LogP contribution in [-0.2, 0) is 19.4 Å². The zero-order chi connectivity index (χ0) is 23.8. The number of halogens is 5. The fourth-order valence-corrected chi connectivity index (χ4v) is 3.44. The molecule has 0 aliphatic carbocycles. The van der Waals surface area contributed by atoms with Gasteiger partial charge in [0, 0.05) is 5.56 Å². The van der Waals surface area contributed by atoms with E-state index < -0.39 is 30.2 Å². The van der Waals surface area contributed by atoms with E-state index in [1.165, 1.54) is 22.9 Å². The fraction of sp³-hybridized carbons (Fsp3) is 0.591. The molecule has 1 heterocycles. The molecule has 0 radical (unpaired) electrons. The fourth-order valence-electron chi connectivity index (χ4n) is 3.44. The lowest BCUT2D eigenvalue weighted by molar-refractivity contribution is -0.211. The van der Waals surface area contributed by atoms with Crippen molar-refractivity contribution in [2.75, 3.05) is 0 Å². The number of aromatic nitrogens is 2. The topological polar surface area (TPSA) is 47.3 Å². The predicted molar refractivity (Wildman–Crippen MR) is 108 cm³/mol. The Morgan fingerprint density at radius 3 is 2.23 bits per heavy atom. The number of hydrogen-bond acceptors (Lipinski definition) is 3. The highest BCUT2D eigenvalue weighted by Crippen LogP contribution is 2.42. The zero-order valence-corrected chi connectivity index (χ0v) is 18.6. The lowest BCUT2D eigenvalue weighted by Gasteiger charge is -2.28. The van der Waals surface area contributed by atoms with Gasteiger partial charge in [0.1, 0.15) is 5.75 Å². The van der Waals surface area contributed by atoms with Gasteiger partial charge in [-0.05, 0) is 56.9 Å². The molecule has 0 fully saturated rings. The number of hydrogen-bond donors (Lipinski definition) is 1. The first-order valence-corrected chi connectivity index (χ1v) is 9.99. The Bertz CT molecular complexity index is 912. The lowest BCUT2D eigenvalue weighted by Crippen LogP contribution is -2.34. The molecule has 0 bridgehead atoms. The molecule has 1 aromatic heterocycles. The van der Waals surface area contributed by atoms with Gasteiger partial charge in [-0.1, -0.05) is 26.8 Å². The van der Waals surface area contributed by atoms with Crippen molar-refractivity contribution in [2.45, 2.75) is 79.3 Å².